The fraction of sp³-hybridized carbons (Fsp3) is 0.647. The number of hydrogen-bond donors (Lipinski definition) is 1. The van der Waals surface area contributed by atoms with Crippen LogP contribution in [0.3, 0.4) is 0 Å². The molecular formula is C17H26ClNO. The second-order valence-corrected chi connectivity index (χ2v) is 6.89. The fourth-order valence-corrected chi connectivity index (χ4v) is 3.35. The van der Waals surface area contributed by atoms with Crippen molar-refractivity contribution < 1.29 is 5.11 Å². The molecule has 0 radical (unpaired) electrons. The third-order valence-corrected chi connectivity index (χ3v) is 4.76. The lowest BCUT2D eigenvalue weighted by atomic mass is 9.87. The van der Waals surface area contributed by atoms with Crippen LogP contribution in [0.5, 0.6) is 0 Å². The largest absolute Gasteiger partial charge is 0.389 e. The van der Waals surface area contributed by atoms with E-state index in [4.69, 9.17) is 11.6 Å². The number of likely N-dealkylation sites (tertiary alicyclic amines) is 1. The second kappa shape index (κ2) is 6.46. The maximum atomic E-state index is 10.9. The standard InChI is InChI=1S/C17H26ClNO/c1-13(2)19-9-4-7-17(20,8-10-19)12-15-6-5-14(3)11-16(15)18/h5-6,11,13,20H,4,7-10,12H2,1-3H3. The van der Waals surface area contributed by atoms with Crippen molar-refractivity contribution in [2.24, 2.45) is 0 Å². The van der Waals surface area contributed by atoms with Crippen molar-refractivity contribution in [1.29, 1.82) is 0 Å². The third kappa shape index (κ3) is 3.97. The molecule has 0 aromatic heterocycles. The Kier molecular flexibility index (Phi) is 5.11. The van der Waals surface area contributed by atoms with Crippen LogP contribution >= 0.6 is 11.6 Å². The number of aryl methyl sites for hydroxylation is 1. The van der Waals surface area contributed by atoms with Gasteiger partial charge in [0.2, 0.25) is 0 Å². The highest BCUT2D eigenvalue weighted by Crippen LogP contribution is 2.30. The van der Waals surface area contributed by atoms with Gasteiger partial charge in [0.05, 0.1) is 5.60 Å². The molecule has 3 heteroatoms. The maximum Gasteiger partial charge on any atom is 0.0701 e. The van der Waals surface area contributed by atoms with Crippen molar-refractivity contribution in [3.63, 3.8) is 0 Å². The zero-order valence-corrected chi connectivity index (χ0v) is 13.6. The fourth-order valence-electron chi connectivity index (χ4n) is 3.04. The van der Waals surface area contributed by atoms with Crippen LogP contribution in [0, 0.1) is 6.92 Å². The van der Waals surface area contributed by atoms with Crippen LogP contribution in [0.4, 0.5) is 0 Å². The molecule has 1 N–H and O–H groups in total. The van der Waals surface area contributed by atoms with Crippen LogP contribution in [-0.4, -0.2) is 34.7 Å². The average molecular weight is 296 g/mol. The first-order chi connectivity index (χ1) is 9.39. The van der Waals surface area contributed by atoms with Crippen LogP contribution in [0.1, 0.15) is 44.2 Å². The number of hydrogen-bond acceptors (Lipinski definition) is 2. The summed E-state index contributed by atoms with van der Waals surface area (Å²) in [5.74, 6) is 0. The van der Waals surface area contributed by atoms with E-state index < -0.39 is 5.60 Å². The van der Waals surface area contributed by atoms with Gasteiger partial charge in [-0.25, -0.2) is 0 Å². The van der Waals surface area contributed by atoms with Gasteiger partial charge >= 0.3 is 0 Å². The molecule has 112 valence electrons. The summed E-state index contributed by atoms with van der Waals surface area (Å²) in [7, 11) is 0. The average Bonchev–Trinajstić information content (AvgIpc) is 2.55. The second-order valence-electron chi connectivity index (χ2n) is 6.48. The lowest BCUT2D eigenvalue weighted by molar-refractivity contribution is 0.0249. The van der Waals surface area contributed by atoms with Gasteiger partial charge in [0.15, 0.2) is 0 Å². The molecule has 1 aromatic carbocycles. The van der Waals surface area contributed by atoms with Gasteiger partial charge in [-0.2, -0.15) is 0 Å². The Bertz CT molecular complexity index is 460. The molecule has 1 unspecified atom stereocenters. The zero-order chi connectivity index (χ0) is 14.8. The molecule has 0 spiro atoms. The summed E-state index contributed by atoms with van der Waals surface area (Å²) < 4.78 is 0. The maximum absolute atomic E-state index is 10.9. The van der Waals surface area contributed by atoms with Crippen LogP contribution in [0.25, 0.3) is 0 Å². The Morgan fingerprint density at radius 3 is 2.70 bits per heavy atom. The highest BCUT2D eigenvalue weighted by molar-refractivity contribution is 6.31. The van der Waals surface area contributed by atoms with Gasteiger partial charge in [0.1, 0.15) is 0 Å². The molecule has 20 heavy (non-hydrogen) atoms. The van der Waals surface area contributed by atoms with Gasteiger partial charge in [0.25, 0.3) is 0 Å². The minimum Gasteiger partial charge on any atom is -0.389 e. The number of rotatable bonds is 3. The zero-order valence-electron chi connectivity index (χ0n) is 12.8. The predicted octanol–water partition coefficient (Wildman–Crippen LogP) is 3.82. The van der Waals surface area contributed by atoms with Crippen LogP contribution < -0.4 is 0 Å². The Balaban J connectivity index is 2.07. The van der Waals surface area contributed by atoms with Crippen molar-refractivity contribution in [2.75, 3.05) is 13.1 Å². The Morgan fingerprint density at radius 2 is 2.05 bits per heavy atom. The summed E-state index contributed by atoms with van der Waals surface area (Å²) in [4.78, 5) is 2.45. The van der Waals surface area contributed by atoms with Gasteiger partial charge in [-0.15, -0.1) is 0 Å². The van der Waals surface area contributed by atoms with Crippen molar-refractivity contribution in [3.8, 4) is 0 Å². The molecule has 1 aliphatic rings. The minimum absolute atomic E-state index is 0.556. The quantitative estimate of drug-likeness (QED) is 0.916. The van der Waals surface area contributed by atoms with E-state index in [9.17, 15) is 5.11 Å². The van der Waals surface area contributed by atoms with E-state index >= 15 is 0 Å². The van der Waals surface area contributed by atoms with E-state index in [1.165, 1.54) is 0 Å². The lowest BCUT2D eigenvalue weighted by Crippen LogP contribution is -2.35. The Hall–Kier alpha value is -0.570. The van der Waals surface area contributed by atoms with Crippen molar-refractivity contribution in [3.05, 3.63) is 34.3 Å². The summed E-state index contributed by atoms with van der Waals surface area (Å²) in [6.07, 6.45) is 3.41. The summed E-state index contributed by atoms with van der Waals surface area (Å²) in [6.45, 7) is 8.54. The SMILES string of the molecule is Cc1ccc(CC2(O)CCCN(C(C)C)CC2)c(Cl)c1. The molecule has 0 amide bonds. The molecule has 0 saturated carbocycles. The Labute approximate surface area is 127 Å². The highest BCUT2D eigenvalue weighted by atomic mass is 35.5. The van der Waals surface area contributed by atoms with E-state index in [2.05, 4.69) is 30.9 Å². The topological polar surface area (TPSA) is 23.5 Å². The summed E-state index contributed by atoms with van der Waals surface area (Å²) in [5.41, 5.74) is 1.62. The molecule has 1 aliphatic heterocycles. The molecule has 2 rings (SSSR count). The van der Waals surface area contributed by atoms with Crippen LogP contribution in [0.2, 0.25) is 5.02 Å². The van der Waals surface area contributed by atoms with Gasteiger partial charge < -0.3 is 10.0 Å². The van der Waals surface area contributed by atoms with Crippen molar-refractivity contribution in [2.45, 2.75) is 58.1 Å². The van der Waals surface area contributed by atoms with E-state index in [-0.39, 0.29) is 0 Å². The predicted molar refractivity (Wildman–Crippen MR) is 85.4 cm³/mol. The van der Waals surface area contributed by atoms with Crippen LogP contribution in [0.15, 0.2) is 18.2 Å². The van der Waals surface area contributed by atoms with Gasteiger partial charge in [-0.3, -0.25) is 0 Å². The molecule has 2 nitrogen and oxygen atoms in total. The van der Waals surface area contributed by atoms with Crippen molar-refractivity contribution in [1.82, 2.24) is 4.90 Å². The smallest absolute Gasteiger partial charge is 0.0701 e. The number of nitrogens with zero attached hydrogens (tertiary/aromatic N) is 1. The first-order valence-electron chi connectivity index (χ1n) is 7.61. The first-order valence-corrected chi connectivity index (χ1v) is 7.99. The number of aliphatic hydroxyl groups is 1. The molecule has 1 aromatic rings. The van der Waals surface area contributed by atoms with Crippen LogP contribution in [-0.2, 0) is 6.42 Å². The minimum atomic E-state index is -0.609. The van der Waals surface area contributed by atoms with E-state index in [1.807, 2.05) is 13.0 Å². The van der Waals surface area contributed by atoms with E-state index in [0.29, 0.717) is 12.5 Å². The Morgan fingerprint density at radius 1 is 1.30 bits per heavy atom. The third-order valence-electron chi connectivity index (χ3n) is 4.41. The summed E-state index contributed by atoms with van der Waals surface area (Å²) >= 11 is 6.31. The first kappa shape index (κ1) is 15.8. The molecule has 0 aliphatic carbocycles. The number of benzene rings is 1. The highest BCUT2D eigenvalue weighted by Gasteiger charge is 2.31. The van der Waals surface area contributed by atoms with Gasteiger partial charge in [-0.05, 0) is 63.8 Å². The normalized spacial score (nSPS) is 24.9. The van der Waals surface area contributed by atoms with Crippen molar-refractivity contribution >= 4 is 11.6 Å². The summed E-state index contributed by atoms with van der Waals surface area (Å²) in [6, 6.07) is 6.67. The molecule has 1 heterocycles. The molecule has 0 bridgehead atoms. The molecule has 1 fully saturated rings. The number of halogens is 1. The van der Waals surface area contributed by atoms with E-state index in [1.54, 1.807) is 0 Å². The molecular weight excluding hydrogens is 270 g/mol. The van der Waals surface area contributed by atoms with E-state index in [0.717, 1.165) is 48.5 Å². The monoisotopic (exact) mass is 295 g/mol. The van der Waals surface area contributed by atoms with Gasteiger partial charge in [-0.1, -0.05) is 23.7 Å². The van der Waals surface area contributed by atoms with Gasteiger partial charge in [0, 0.05) is 24.0 Å². The summed E-state index contributed by atoms with van der Waals surface area (Å²) in [5, 5.41) is 11.7. The lowest BCUT2D eigenvalue weighted by Gasteiger charge is -2.28. The molecule has 1 saturated heterocycles. The molecule has 1 atom stereocenters.